The molecule has 4 nitrogen and oxygen atoms in total. The Morgan fingerprint density at radius 3 is 2.69 bits per heavy atom. The molecular weight excluding hydrogens is 331 g/mol. The molecule has 0 N–H and O–H groups in total. The lowest BCUT2D eigenvalue weighted by Crippen LogP contribution is -2.51. The molecule has 1 aliphatic carbocycles. The maximum absolute atomic E-state index is 13.6. The van der Waals surface area contributed by atoms with Crippen molar-refractivity contribution in [1.29, 1.82) is 0 Å². The molecule has 2 saturated heterocycles. The molecule has 5 heteroatoms. The molecular formula is C21H29FN2O2. The number of carbonyl (C=O) groups is 1. The average Bonchev–Trinajstić information content (AvgIpc) is 3.45. The first-order valence-corrected chi connectivity index (χ1v) is 9.89. The van der Waals surface area contributed by atoms with Gasteiger partial charge in [-0.2, -0.15) is 0 Å². The Labute approximate surface area is 155 Å². The fraction of sp³-hybridized carbons (Fsp3) is 0.667. The van der Waals surface area contributed by atoms with E-state index in [2.05, 4.69) is 9.80 Å². The third kappa shape index (κ3) is 3.88. The minimum atomic E-state index is -0.212. The summed E-state index contributed by atoms with van der Waals surface area (Å²) >= 11 is 0. The molecule has 0 atom stereocenters. The zero-order valence-corrected chi connectivity index (χ0v) is 15.7. The number of piperidine rings is 2. The molecule has 0 bridgehead atoms. The van der Waals surface area contributed by atoms with Gasteiger partial charge in [-0.1, -0.05) is 0 Å². The highest BCUT2D eigenvalue weighted by atomic mass is 19.1. The lowest BCUT2D eigenvalue weighted by atomic mass is 9.72. The van der Waals surface area contributed by atoms with E-state index in [9.17, 15) is 9.18 Å². The molecule has 0 aromatic heterocycles. The van der Waals surface area contributed by atoms with Crippen molar-refractivity contribution in [3.8, 4) is 5.75 Å². The standard InChI is InChI=1S/C21H29FN2O2/c1-26-19-5-4-18(22)12-17(19)14-23-10-8-21(9-11-23)7-6-20(25)24(15-21)13-16-2-3-16/h4-5,12,16H,2-3,6-11,13-15H2,1H3. The van der Waals surface area contributed by atoms with E-state index in [1.807, 2.05) is 0 Å². The number of benzene rings is 1. The van der Waals surface area contributed by atoms with Crippen LogP contribution in [0.4, 0.5) is 4.39 Å². The smallest absolute Gasteiger partial charge is 0.222 e. The van der Waals surface area contributed by atoms with Gasteiger partial charge in [0.2, 0.25) is 5.91 Å². The summed E-state index contributed by atoms with van der Waals surface area (Å²) in [6.07, 6.45) is 6.58. The Balaban J connectivity index is 1.36. The second-order valence-corrected chi connectivity index (χ2v) is 8.45. The molecule has 1 saturated carbocycles. The summed E-state index contributed by atoms with van der Waals surface area (Å²) in [5.74, 6) is 1.66. The highest BCUT2D eigenvalue weighted by Gasteiger charge is 2.42. The summed E-state index contributed by atoms with van der Waals surface area (Å²) in [4.78, 5) is 16.8. The Morgan fingerprint density at radius 2 is 2.00 bits per heavy atom. The highest BCUT2D eigenvalue weighted by Crippen LogP contribution is 2.42. The minimum absolute atomic E-state index is 0.212. The molecule has 4 rings (SSSR count). The third-order valence-electron chi connectivity index (χ3n) is 6.48. The molecule has 1 spiro atoms. The van der Waals surface area contributed by atoms with Crippen LogP contribution in [0.3, 0.4) is 0 Å². The van der Waals surface area contributed by atoms with Gasteiger partial charge in [0.15, 0.2) is 0 Å². The van der Waals surface area contributed by atoms with Crippen molar-refractivity contribution in [1.82, 2.24) is 9.80 Å². The molecule has 2 aliphatic heterocycles. The van der Waals surface area contributed by atoms with Crippen molar-refractivity contribution in [3.05, 3.63) is 29.6 Å². The van der Waals surface area contributed by atoms with E-state index in [0.29, 0.717) is 17.7 Å². The Morgan fingerprint density at radius 1 is 1.23 bits per heavy atom. The zero-order valence-electron chi connectivity index (χ0n) is 15.7. The summed E-state index contributed by atoms with van der Waals surface area (Å²) in [6, 6.07) is 4.74. The van der Waals surface area contributed by atoms with Crippen LogP contribution >= 0.6 is 0 Å². The van der Waals surface area contributed by atoms with E-state index in [1.165, 1.54) is 18.9 Å². The van der Waals surface area contributed by atoms with Gasteiger partial charge >= 0.3 is 0 Å². The fourth-order valence-electron chi connectivity index (χ4n) is 4.59. The van der Waals surface area contributed by atoms with Gasteiger partial charge in [0.1, 0.15) is 11.6 Å². The van der Waals surface area contributed by atoms with Gasteiger partial charge in [0.25, 0.3) is 0 Å². The molecule has 0 radical (unpaired) electrons. The lowest BCUT2D eigenvalue weighted by molar-refractivity contribution is -0.139. The maximum Gasteiger partial charge on any atom is 0.222 e. The van der Waals surface area contributed by atoms with Crippen molar-refractivity contribution < 1.29 is 13.9 Å². The number of hydrogen-bond acceptors (Lipinski definition) is 3. The summed E-state index contributed by atoms with van der Waals surface area (Å²) < 4.78 is 19.0. The van der Waals surface area contributed by atoms with Gasteiger partial charge in [-0.25, -0.2) is 4.39 Å². The molecule has 0 unspecified atom stereocenters. The Bertz CT molecular complexity index is 666. The molecule has 3 fully saturated rings. The number of ether oxygens (including phenoxy) is 1. The number of likely N-dealkylation sites (tertiary alicyclic amines) is 2. The average molecular weight is 360 g/mol. The van der Waals surface area contributed by atoms with Crippen LogP contribution in [0.2, 0.25) is 0 Å². The van der Waals surface area contributed by atoms with Crippen molar-refractivity contribution in [2.45, 2.75) is 45.1 Å². The van der Waals surface area contributed by atoms with Crippen molar-refractivity contribution >= 4 is 5.91 Å². The number of carbonyl (C=O) groups excluding carboxylic acids is 1. The number of amides is 1. The Kier molecular flexibility index (Phi) is 4.91. The van der Waals surface area contributed by atoms with E-state index < -0.39 is 0 Å². The van der Waals surface area contributed by atoms with Crippen LogP contribution in [0.15, 0.2) is 18.2 Å². The topological polar surface area (TPSA) is 32.8 Å². The number of methoxy groups -OCH3 is 1. The van der Waals surface area contributed by atoms with Crippen LogP contribution in [-0.2, 0) is 11.3 Å². The van der Waals surface area contributed by atoms with Gasteiger partial charge in [0, 0.05) is 31.6 Å². The van der Waals surface area contributed by atoms with Gasteiger partial charge in [-0.15, -0.1) is 0 Å². The first-order chi connectivity index (χ1) is 12.6. The highest BCUT2D eigenvalue weighted by molar-refractivity contribution is 5.77. The van der Waals surface area contributed by atoms with E-state index in [-0.39, 0.29) is 5.82 Å². The monoisotopic (exact) mass is 360 g/mol. The van der Waals surface area contributed by atoms with E-state index >= 15 is 0 Å². The predicted molar refractivity (Wildman–Crippen MR) is 98.4 cm³/mol. The third-order valence-corrected chi connectivity index (χ3v) is 6.48. The maximum atomic E-state index is 13.6. The van der Waals surface area contributed by atoms with Crippen LogP contribution in [0, 0.1) is 17.2 Å². The first kappa shape index (κ1) is 17.8. The summed E-state index contributed by atoms with van der Waals surface area (Å²) in [5.41, 5.74) is 1.21. The zero-order chi connectivity index (χ0) is 18.1. The van der Waals surface area contributed by atoms with Crippen LogP contribution in [0.5, 0.6) is 5.75 Å². The van der Waals surface area contributed by atoms with Crippen LogP contribution in [0.1, 0.15) is 44.1 Å². The van der Waals surface area contributed by atoms with Crippen molar-refractivity contribution in [2.24, 2.45) is 11.3 Å². The summed E-state index contributed by atoms with van der Waals surface area (Å²) in [5, 5.41) is 0. The van der Waals surface area contributed by atoms with Gasteiger partial charge < -0.3 is 9.64 Å². The predicted octanol–water partition coefficient (Wildman–Crippen LogP) is 3.45. The number of rotatable bonds is 5. The molecule has 142 valence electrons. The van der Waals surface area contributed by atoms with Gasteiger partial charge in [0.05, 0.1) is 7.11 Å². The molecule has 2 heterocycles. The van der Waals surface area contributed by atoms with Crippen LogP contribution < -0.4 is 4.74 Å². The molecule has 26 heavy (non-hydrogen) atoms. The SMILES string of the molecule is COc1ccc(F)cc1CN1CCC2(CCC(=O)N(CC3CC3)C2)CC1. The summed E-state index contributed by atoms with van der Waals surface area (Å²) in [7, 11) is 1.63. The summed E-state index contributed by atoms with van der Waals surface area (Å²) in [6.45, 7) is 4.65. The molecule has 1 amide bonds. The Hall–Kier alpha value is -1.62. The van der Waals surface area contributed by atoms with Crippen molar-refractivity contribution in [3.63, 3.8) is 0 Å². The molecule has 3 aliphatic rings. The largest absolute Gasteiger partial charge is 0.496 e. The molecule has 1 aromatic rings. The number of hydrogen-bond donors (Lipinski definition) is 0. The van der Waals surface area contributed by atoms with E-state index in [0.717, 1.165) is 69.2 Å². The second-order valence-electron chi connectivity index (χ2n) is 8.45. The fourth-order valence-corrected chi connectivity index (χ4v) is 4.59. The second kappa shape index (κ2) is 7.18. The van der Waals surface area contributed by atoms with Crippen LogP contribution in [0.25, 0.3) is 0 Å². The van der Waals surface area contributed by atoms with E-state index in [1.54, 1.807) is 19.2 Å². The minimum Gasteiger partial charge on any atom is -0.496 e. The van der Waals surface area contributed by atoms with Gasteiger partial charge in [-0.05, 0) is 74.7 Å². The lowest BCUT2D eigenvalue weighted by Gasteiger charge is -2.47. The van der Waals surface area contributed by atoms with Gasteiger partial charge in [-0.3, -0.25) is 9.69 Å². The number of nitrogens with zero attached hydrogens (tertiary/aromatic N) is 2. The number of halogens is 1. The van der Waals surface area contributed by atoms with Crippen LogP contribution in [-0.4, -0.2) is 49.0 Å². The first-order valence-electron chi connectivity index (χ1n) is 9.89. The quantitative estimate of drug-likeness (QED) is 0.806. The molecule has 1 aromatic carbocycles. The van der Waals surface area contributed by atoms with E-state index in [4.69, 9.17) is 4.74 Å². The normalized spacial score (nSPS) is 23.5. The van der Waals surface area contributed by atoms with Crippen molar-refractivity contribution in [2.75, 3.05) is 33.3 Å².